The van der Waals surface area contributed by atoms with E-state index in [1.54, 1.807) is 0 Å². The van der Waals surface area contributed by atoms with Crippen molar-refractivity contribution >= 4 is 17.7 Å². The zero-order valence-electron chi connectivity index (χ0n) is 9.85. The van der Waals surface area contributed by atoms with Gasteiger partial charge >= 0.3 is 5.51 Å². The summed E-state index contributed by atoms with van der Waals surface area (Å²) in [6, 6.07) is 0. The monoisotopic (exact) mass is 295 g/mol. The Morgan fingerprint density at radius 2 is 2.32 bits per heavy atom. The van der Waals surface area contributed by atoms with Crippen molar-refractivity contribution in [2.45, 2.75) is 24.3 Å². The minimum Gasteiger partial charge on any atom is -0.341 e. The lowest BCUT2D eigenvalue weighted by atomic mass is 9.97. The summed E-state index contributed by atoms with van der Waals surface area (Å²) in [5, 5.41) is 13.5. The SMILES string of the molecule is O=C(CSC(F)(F)F)N1CCCC(c2nn[nH]n2)C1. The Balaban J connectivity index is 1.88. The number of thioether (sulfide) groups is 1. The van der Waals surface area contributed by atoms with Gasteiger partial charge < -0.3 is 4.90 Å². The van der Waals surface area contributed by atoms with Gasteiger partial charge in [0.05, 0.1) is 5.75 Å². The number of likely N-dealkylation sites (tertiary alicyclic amines) is 1. The second-order valence-corrected chi connectivity index (χ2v) is 5.22. The molecule has 1 unspecified atom stereocenters. The number of aromatic nitrogens is 4. The molecule has 1 aromatic rings. The summed E-state index contributed by atoms with van der Waals surface area (Å²) in [6.45, 7) is 0.822. The van der Waals surface area contributed by atoms with E-state index in [1.165, 1.54) is 4.90 Å². The van der Waals surface area contributed by atoms with Gasteiger partial charge in [0.25, 0.3) is 0 Å². The number of carbonyl (C=O) groups excluding carboxylic acids is 1. The first-order valence-corrected chi connectivity index (χ1v) is 6.66. The van der Waals surface area contributed by atoms with Crippen LogP contribution in [-0.4, -0.2) is 55.8 Å². The Bertz CT molecular complexity index is 424. The number of piperidine rings is 1. The van der Waals surface area contributed by atoms with E-state index in [2.05, 4.69) is 20.6 Å². The standard InChI is InChI=1S/C9H12F3N5OS/c10-9(11,12)19-5-7(18)17-3-1-2-6(4-17)8-13-15-16-14-8/h6H,1-5H2,(H,13,14,15,16). The van der Waals surface area contributed by atoms with E-state index in [1.807, 2.05) is 0 Å². The van der Waals surface area contributed by atoms with Crippen molar-refractivity contribution in [3.05, 3.63) is 5.82 Å². The molecule has 0 bridgehead atoms. The third-order valence-electron chi connectivity index (χ3n) is 2.86. The number of rotatable bonds is 3. The highest BCUT2D eigenvalue weighted by atomic mass is 32.2. The van der Waals surface area contributed by atoms with E-state index < -0.39 is 17.2 Å². The number of aromatic amines is 1. The Kier molecular flexibility index (Phi) is 4.27. The molecule has 0 radical (unpaired) electrons. The van der Waals surface area contributed by atoms with Gasteiger partial charge in [-0.3, -0.25) is 4.79 Å². The van der Waals surface area contributed by atoms with Crippen molar-refractivity contribution in [3.63, 3.8) is 0 Å². The molecule has 2 rings (SSSR count). The quantitative estimate of drug-likeness (QED) is 0.905. The molecule has 0 saturated carbocycles. The molecule has 0 aliphatic carbocycles. The van der Waals surface area contributed by atoms with Crippen LogP contribution in [-0.2, 0) is 4.79 Å². The zero-order valence-corrected chi connectivity index (χ0v) is 10.7. The fraction of sp³-hybridized carbons (Fsp3) is 0.778. The topological polar surface area (TPSA) is 74.8 Å². The predicted octanol–water partition coefficient (Wildman–Crippen LogP) is 1.16. The van der Waals surface area contributed by atoms with Crippen LogP contribution in [0.1, 0.15) is 24.6 Å². The molecule has 0 spiro atoms. The van der Waals surface area contributed by atoms with Crippen molar-refractivity contribution in [1.82, 2.24) is 25.5 Å². The minimum absolute atomic E-state index is 0.0627. The molecule has 1 fully saturated rings. The summed E-state index contributed by atoms with van der Waals surface area (Å²) in [7, 11) is 0. The smallest absolute Gasteiger partial charge is 0.341 e. The second-order valence-electron chi connectivity index (χ2n) is 4.18. The first kappa shape index (κ1) is 14.1. The largest absolute Gasteiger partial charge is 0.442 e. The lowest BCUT2D eigenvalue weighted by molar-refractivity contribution is -0.129. The molecule has 0 aromatic carbocycles. The summed E-state index contributed by atoms with van der Waals surface area (Å²) in [6.07, 6.45) is 1.53. The molecule has 2 heterocycles. The van der Waals surface area contributed by atoms with Crippen molar-refractivity contribution in [2.24, 2.45) is 0 Å². The zero-order chi connectivity index (χ0) is 13.9. The number of nitrogens with zero attached hydrogens (tertiary/aromatic N) is 4. The molecule has 1 atom stereocenters. The van der Waals surface area contributed by atoms with Gasteiger partial charge in [0.1, 0.15) is 0 Å². The summed E-state index contributed by atoms with van der Waals surface area (Å²) >= 11 is -0.307. The maximum Gasteiger partial charge on any atom is 0.442 e. The van der Waals surface area contributed by atoms with Gasteiger partial charge in [-0.1, -0.05) is 5.21 Å². The average Bonchev–Trinajstić information content (AvgIpc) is 2.89. The number of H-pyrrole nitrogens is 1. The highest BCUT2D eigenvalue weighted by Gasteiger charge is 2.32. The summed E-state index contributed by atoms with van der Waals surface area (Å²) in [5.41, 5.74) is -4.38. The molecule has 1 aromatic heterocycles. The molecule has 10 heteroatoms. The van der Waals surface area contributed by atoms with Gasteiger partial charge in [-0.05, 0) is 24.6 Å². The molecular weight excluding hydrogens is 283 g/mol. The van der Waals surface area contributed by atoms with Gasteiger partial charge in [-0.25, -0.2) is 0 Å². The maximum atomic E-state index is 12.0. The molecule has 1 aliphatic rings. The highest BCUT2D eigenvalue weighted by Crippen LogP contribution is 2.31. The van der Waals surface area contributed by atoms with Crippen LogP contribution in [0.25, 0.3) is 0 Å². The van der Waals surface area contributed by atoms with E-state index >= 15 is 0 Å². The Hall–Kier alpha value is -1.32. The number of alkyl halides is 3. The van der Waals surface area contributed by atoms with Crippen LogP contribution < -0.4 is 0 Å². The summed E-state index contributed by atoms with van der Waals surface area (Å²) in [5.74, 6) is -0.647. The highest BCUT2D eigenvalue weighted by molar-refractivity contribution is 8.00. The second kappa shape index (κ2) is 5.76. The fourth-order valence-electron chi connectivity index (χ4n) is 1.99. The Morgan fingerprint density at radius 1 is 1.53 bits per heavy atom. The van der Waals surface area contributed by atoms with Crippen LogP contribution in [0.4, 0.5) is 13.2 Å². The molecule has 19 heavy (non-hydrogen) atoms. The van der Waals surface area contributed by atoms with E-state index in [0.717, 1.165) is 12.8 Å². The van der Waals surface area contributed by atoms with Gasteiger partial charge in [-0.15, -0.1) is 10.2 Å². The molecule has 1 saturated heterocycles. The first-order valence-electron chi connectivity index (χ1n) is 5.67. The Labute approximate surface area is 111 Å². The van der Waals surface area contributed by atoms with Crippen LogP contribution in [0.15, 0.2) is 0 Å². The number of hydrogen-bond donors (Lipinski definition) is 1. The number of amides is 1. The van der Waals surface area contributed by atoms with Gasteiger partial charge in [0.15, 0.2) is 5.82 Å². The fourth-order valence-corrected chi connectivity index (χ4v) is 2.46. The molecule has 1 aliphatic heterocycles. The van der Waals surface area contributed by atoms with Crippen LogP contribution >= 0.6 is 11.8 Å². The normalized spacial score (nSPS) is 20.6. The van der Waals surface area contributed by atoms with E-state index in [9.17, 15) is 18.0 Å². The van der Waals surface area contributed by atoms with Gasteiger partial charge in [0.2, 0.25) is 5.91 Å². The van der Waals surface area contributed by atoms with Gasteiger partial charge in [0, 0.05) is 19.0 Å². The van der Waals surface area contributed by atoms with E-state index in [-0.39, 0.29) is 17.7 Å². The predicted molar refractivity (Wildman–Crippen MR) is 61.2 cm³/mol. The number of nitrogens with one attached hydrogen (secondary N) is 1. The summed E-state index contributed by atoms with van der Waals surface area (Å²) < 4.78 is 36.1. The molecular formula is C9H12F3N5OS. The molecule has 106 valence electrons. The van der Waals surface area contributed by atoms with E-state index in [4.69, 9.17) is 0 Å². The number of tetrazole rings is 1. The maximum absolute atomic E-state index is 12.0. The van der Waals surface area contributed by atoms with Crippen molar-refractivity contribution in [3.8, 4) is 0 Å². The van der Waals surface area contributed by atoms with Crippen molar-refractivity contribution < 1.29 is 18.0 Å². The third-order valence-corrected chi connectivity index (χ3v) is 3.58. The summed E-state index contributed by atoms with van der Waals surface area (Å²) in [4.78, 5) is 13.1. The molecule has 6 nitrogen and oxygen atoms in total. The number of hydrogen-bond acceptors (Lipinski definition) is 5. The minimum atomic E-state index is -4.38. The lowest BCUT2D eigenvalue weighted by Gasteiger charge is -2.31. The van der Waals surface area contributed by atoms with Crippen molar-refractivity contribution in [1.29, 1.82) is 0 Å². The first-order chi connectivity index (χ1) is 8.96. The van der Waals surface area contributed by atoms with Crippen LogP contribution in [0.2, 0.25) is 0 Å². The van der Waals surface area contributed by atoms with Crippen LogP contribution in [0, 0.1) is 0 Å². The van der Waals surface area contributed by atoms with Crippen molar-refractivity contribution in [2.75, 3.05) is 18.8 Å². The average molecular weight is 295 g/mol. The lowest BCUT2D eigenvalue weighted by Crippen LogP contribution is -2.40. The number of halogens is 3. The van der Waals surface area contributed by atoms with Crippen LogP contribution in [0.5, 0.6) is 0 Å². The number of carbonyl (C=O) groups is 1. The third kappa shape index (κ3) is 4.08. The Morgan fingerprint density at radius 3 is 2.95 bits per heavy atom. The van der Waals surface area contributed by atoms with Gasteiger partial charge in [-0.2, -0.15) is 18.4 Å². The molecule has 1 N–H and O–H groups in total. The van der Waals surface area contributed by atoms with Crippen LogP contribution in [0.3, 0.4) is 0 Å². The van der Waals surface area contributed by atoms with E-state index in [0.29, 0.717) is 18.9 Å². The molecule has 1 amide bonds.